The molecule has 0 unspecified atom stereocenters. The highest BCUT2D eigenvalue weighted by molar-refractivity contribution is 5.67. The second-order valence-corrected chi connectivity index (χ2v) is 5.00. The molecule has 0 radical (unpaired) electrons. The van der Waals surface area contributed by atoms with E-state index in [1.807, 2.05) is 0 Å². The van der Waals surface area contributed by atoms with Gasteiger partial charge in [-0.1, -0.05) is 0 Å². The molecule has 7 heteroatoms. The molecule has 1 N–H and O–H groups in total. The van der Waals surface area contributed by atoms with E-state index in [9.17, 15) is 22.4 Å². The molecule has 1 aliphatic rings. The smallest absolute Gasteiger partial charge is 0.416 e. The maximum atomic E-state index is 13.2. The molecule has 0 saturated carbocycles. The molecule has 0 atom stereocenters. The third-order valence-corrected chi connectivity index (χ3v) is 3.19. The van der Waals surface area contributed by atoms with Crippen LogP contribution in [-0.4, -0.2) is 29.1 Å². The molecule has 1 aliphatic heterocycles. The Kier molecular flexibility index (Phi) is 3.99. The number of benzene rings is 1. The Balaban J connectivity index is 1.98. The summed E-state index contributed by atoms with van der Waals surface area (Å²) in [5.74, 6) is -1.79. The van der Waals surface area contributed by atoms with Crippen LogP contribution in [-0.2, 0) is 17.5 Å². The fourth-order valence-electron chi connectivity index (χ4n) is 2.35. The van der Waals surface area contributed by atoms with Crippen molar-refractivity contribution in [2.45, 2.75) is 19.1 Å². The SMILES string of the molecule is O=C(O)CC1CN(Cc2cc(F)cc(C(F)(F)F)c2)C1. The first kappa shape index (κ1) is 14.8. The second-order valence-electron chi connectivity index (χ2n) is 5.00. The Morgan fingerprint density at radius 2 is 1.95 bits per heavy atom. The lowest BCUT2D eigenvalue weighted by molar-refractivity contribution is -0.140. The molecule has 1 aromatic carbocycles. The molecule has 1 fully saturated rings. The summed E-state index contributed by atoms with van der Waals surface area (Å²) in [5.41, 5.74) is -0.763. The van der Waals surface area contributed by atoms with Crippen LogP contribution in [0.1, 0.15) is 17.5 Å². The summed E-state index contributed by atoms with van der Waals surface area (Å²) in [6, 6.07) is 2.46. The molecule has 1 aromatic rings. The molecular formula is C13H13F4NO2. The van der Waals surface area contributed by atoms with Gasteiger partial charge in [-0.25, -0.2) is 4.39 Å². The molecule has 110 valence electrons. The summed E-state index contributed by atoms with van der Waals surface area (Å²) in [6.07, 6.45) is -4.52. The lowest BCUT2D eigenvalue weighted by atomic mass is 9.95. The van der Waals surface area contributed by atoms with Crippen LogP contribution < -0.4 is 0 Å². The molecule has 0 amide bonds. The molecule has 0 spiro atoms. The number of carbonyl (C=O) groups is 1. The highest BCUT2D eigenvalue weighted by atomic mass is 19.4. The van der Waals surface area contributed by atoms with Crippen molar-refractivity contribution in [3.05, 3.63) is 35.1 Å². The Morgan fingerprint density at radius 1 is 1.30 bits per heavy atom. The minimum atomic E-state index is -4.57. The maximum absolute atomic E-state index is 13.2. The molecule has 1 saturated heterocycles. The maximum Gasteiger partial charge on any atom is 0.416 e. The lowest BCUT2D eigenvalue weighted by Crippen LogP contribution is -2.46. The standard InChI is InChI=1S/C13H13F4NO2/c14-11-2-8(1-10(4-11)13(15,16)17)5-18-6-9(7-18)3-12(19)20/h1-2,4,9H,3,5-7H2,(H,19,20). The minimum absolute atomic E-state index is 0.0168. The fourth-order valence-corrected chi connectivity index (χ4v) is 2.35. The van der Waals surface area contributed by atoms with Crippen LogP contribution >= 0.6 is 0 Å². The Hall–Kier alpha value is -1.63. The van der Waals surface area contributed by atoms with Gasteiger partial charge in [0.1, 0.15) is 5.82 Å². The highest BCUT2D eigenvalue weighted by Crippen LogP contribution is 2.31. The number of aliphatic carboxylic acids is 1. The summed E-state index contributed by atoms with van der Waals surface area (Å²) in [7, 11) is 0. The number of alkyl halides is 3. The molecule has 0 aliphatic carbocycles. The Morgan fingerprint density at radius 3 is 2.50 bits per heavy atom. The number of hydrogen-bond acceptors (Lipinski definition) is 2. The summed E-state index contributed by atoms with van der Waals surface area (Å²) in [6.45, 7) is 1.20. The van der Waals surface area contributed by atoms with Crippen molar-refractivity contribution in [3.8, 4) is 0 Å². The number of hydrogen-bond donors (Lipinski definition) is 1. The van der Waals surface area contributed by atoms with E-state index in [4.69, 9.17) is 5.11 Å². The summed E-state index contributed by atoms with van der Waals surface area (Å²) < 4.78 is 50.8. The molecule has 0 bridgehead atoms. The average Bonchev–Trinajstić information content (AvgIpc) is 2.23. The first-order chi connectivity index (χ1) is 9.24. The van der Waals surface area contributed by atoms with E-state index < -0.39 is 23.5 Å². The largest absolute Gasteiger partial charge is 0.481 e. The minimum Gasteiger partial charge on any atom is -0.481 e. The summed E-state index contributed by atoms with van der Waals surface area (Å²) in [5, 5.41) is 8.59. The van der Waals surface area contributed by atoms with Crippen LogP contribution in [0.15, 0.2) is 18.2 Å². The van der Waals surface area contributed by atoms with Gasteiger partial charge in [-0.2, -0.15) is 13.2 Å². The first-order valence-electron chi connectivity index (χ1n) is 6.05. The molecule has 20 heavy (non-hydrogen) atoms. The zero-order valence-electron chi connectivity index (χ0n) is 10.5. The van der Waals surface area contributed by atoms with E-state index in [1.165, 1.54) is 0 Å². The van der Waals surface area contributed by atoms with E-state index in [-0.39, 0.29) is 24.4 Å². The molecule has 2 rings (SSSR count). The Bertz CT molecular complexity index is 510. The fraction of sp³-hybridized carbons (Fsp3) is 0.462. The number of carboxylic acids is 1. The van der Waals surface area contributed by atoms with Gasteiger partial charge in [0.05, 0.1) is 12.0 Å². The number of carboxylic acid groups (broad SMARTS) is 1. The van der Waals surface area contributed by atoms with E-state index >= 15 is 0 Å². The monoisotopic (exact) mass is 291 g/mol. The van der Waals surface area contributed by atoms with Crippen molar-refractivity contribution >= 4 is 5.97 Å². The van der Waals surface area contributed by atoms with Crippen LogP contribution in [0.25, 0.3) is 0 Å². The van der Waals surface area contributed by atoms with Crippen molar-refractivity contribution in [1.29, 1.82) is 0 Å². The van der Waals surface area contributed by atoms with Crippen molar-refractivity contribution in [3.63, 3.8) is 0 Å². The van der Waals surface area contributed by atoms with Crippen LogP contribution in [0.5, 0.6) is 0 Å². The van der Waals surface area contributed by atoms with Gasteiger partial charge in [-0.3, -0.25) is 9.69 Å². The first-order valence-corrected chi connectivity index (χ1v) is 6.05. The summed E-state index contributed by atoms with van der Waals surface area (Å²) >= 11 is 0. The van der Waals surface area contributed by atoms with Gasteiger partial charge in [0.25, 0.3) is 0 Å². The topological polar surface area (TPSA) is 40.5 Å². The van der Waals surface area contributed by atoms with E-state index in [0.29, 0.717) is 19.2 Å². The van der Waals surface area contributed by atoms with Gasteiger partial charge < -0.3 is 5.11 Å². The third kappa shape index (κ3) is 3.69. The van der Waals surface area contributed by atoms with Crippen molar-refractivity contribution in [1.82, 2.24) is 4.90 Å². The van der Waals surface area contributed by atoms with E-state index in [2.05, 4.69) is 0 Å². The zero-order chi connectivity index (χ0) is 14.9. The predicted octanol–water partition coefficient (Wildman–Crippen LogP) is 2.75. The van der Waals surface area contributed by atoms with Crippen molar-refractivity contribution in [2.75, 3.05) is 13.1 Å². The second kappa shape index (κ2) is 5.40. The zero-order valence-corrected chi connectivity index (χ0v) is 10.5. The predicted molar refractivity (Wildman–Crippen MR) is 62.4 cm³/mol. The number of likely N-dealkylation sites (tertiary alicyclic amines) is 1. The van der Waals surface area contributed by atoms with Gasteiger partial charge in [-0.15, -0.1) is 0 Å². The molecular weight excluding hydrogens is 278 g/mol. The quantitative estimate of drug-likeness (QED) is 0.867. The van der Waals surface area contributed by atoms with Crippen LogP contribution in [0, 0.1) is 11.7 Å². The summed E-state index contributed by atoms with van der Waals surface area (Å²) in [4.78, 5) is 12.3. The van der Waals surface area contributed by atoms with Gasteiger partial charge in [0.2, 0.25) is 0 Å². The van der Waals surface area contributed by atoms with Gasteiger partial charge in [-0.05, 0) is 29.7 Å². The van der Waals surface area contributed by atoms with Gasteiger partial charge >= 0.3 is 12.1 Å². The van der Waals surface area contributed by atoms with Crippen LogP contribution in [0.3, 0.4) is 0 Å². The van der Waals surface area contributed by atoms with Gasteiger partial charge in [0, 0.05) is 19.6 Å². The Labute approximate surface area is 112 Å². The van der Waals surface area contributed by atoms with Crippen molar-refractivity contribution in [2.24, 2.45) is 5.92 Å². The lowest BCUT2D eigenvalue weighted by Gasteiger charge is -2.38. The highest BCUT2D eigenvalue weighted by Gasteiger charge is 2.32. The van der Waals surface area contributed by atoms with E-state index in [1.54, 1.807) is 4.90 Å². The van der Waals surface area contributed by atoms with E-state index in [0.717, 1.165) is 12.1 Å². The van der Waals surface area contributed by atoms with Crippen molar-refractivity contribution < 1.29 is 27.5 Å². The normalized spacial score (nSPS) is 17.0. The third-order valence-electron chi connectivity index (χ3n) is 3.19. The molecule has 0 aromatic heterocycles. The molecule has 1 heterocycles. The number of halogens is 4. The molecule has 3 nitrogen and oxygen atoms in total. The average molecular weight is 291 g/mol. The van der Waals surface area contributed by atoms with Gasteiger partial charge in [0.15, 0.2) is 0 Å². The van der Waals surface area contributed by atoms with Crippen LogP contribution in [0.2, 0.25) is 0 Å². The number of rotatable bonds is 4. The number of nitrogens with zero attached hydrogens (tertiary/aromatic N) is 1. The van der Waals surface area contributed by atoms with Crippen LogP contribution in [0.4, 0.5) is 17.6 Å².